The Bertz CT molecular complexity index is 4710. The smallest absolute Gasteiger partial charge is 0.399 e. The lowest BCUT2D eigenvalue weighted by Gasteiger charge is -2.35. The Balaban J connectivity index is 0.000000172. The predicted octanol–water partition coefficient (Wildman–Crippen LogP) is 16.9. The summed E-state index contributed by atoms with van der Waals surface area (Å²) in [7, 11) is -13.7. The molecule has 0 unspecified atom stereocenters. The van der Waals surface area contributed by atoms with Crippen molar-refractivity contribution in [3.8, 4) is 34.4 Å². The lowest BCUT2D eigenvalue weighted by Crippen LogP contribution is -2.41. The van der Waals surface area contributed by atoms with Gasteiger partial charge in [0.1, 0.15) is 23.2 Å². The van der Waals surface area contributed by atoms with E-state index in [0.29, 0.717) is 113 Å². The van der Waals surface area contributed by atoms with Gasteiger partial charge in [-0.25, -0.2) is 43.3 Å². The van der Waals surface area contributed by atoms with Crippen LogP contribution in [0.3, 0.4) is 0 Å². The maximum absolute atomic E-state index is 14.3. The van der Waals surface area contributed by atoms with Crippen LogP contribution in [0.25, 0.3) is 27.1 Å². The molecule has 568 valence electrons. The number of halogens is 13. The molecular formula is C73H71BBrF12N3O13S3. The third-order valence-electron chi connectivity index (χ3n) is 19.6. The second kappa shape index (κ2) is 32.5. The molecule has 0 atom stereocenters. The number of Topliss-reactive ketones (excluding diaryl/α,β-unsaturated/α-hetero) is 1. The molecule has 106 heavy (non-hydrogen) atoms. The lowest BCUT2D eigenvalue weighted by atomic mass is 9.78. The Kier molecular flexibility index (Phi) is 25.4. The van der Waals surface area contributed by atoms with Gasteiger partial charge in [-0.2, -0.15) is 50.0 Å². The zero-order valence-electron chi connectivity index (χ0n) is 57.4. The molecule has 3 saturated carbocycles. The number of alkyl halides is 9. The van der Waals surface area contributed by atoms with Gasteiger partial charge in [-0.1, -0.05) is 42.5 Å². The highest BCUT2D eigenvalue weighted by Crippen LogP contribution is 2.46. The summed E-state index contributed by atoms with van der Waals surface area (Å²) in [4.78, 5) is 12.0. The van der Waals surface area contributed by atoms with E-state index in [1.54, 1.807) is 45.9 Å². The molecule has 6 aromatic rings. The molecule has 0 amide bonds. The number of carbonyl (C=O) groups excluding carboxylic acids is 1. The number of nitriles is 2. The van der Waals surface area contributed by atoms with Crippen molar-refractivity contribution in [3.05, 3.63) is 170 Å². The van der Waals surface area contributed by atoms with Gasteiger partial charge in [0.05, 0.1) is 121 Å². The topological polar surface area (TPSA) is 227 Å². The standard InChI is InChI=1S/C23H21F4NO4S.C22H30BF3O6S.C21H17F4NO3S.C7H3BrFN/c24-20-11-16(13-28)1-3-18(20)17-2-4-21(19(12-17)23(25,26)27)33(29,30)14-15-5-7-22(8-6-15)31-9-10-32-22;1-19(2)20(3,4)32-23(31-19)16-5-6-18(17(13-16)22(24,25)26)33(27,28)14-15-7-9-21(10-8-15)29-11-12-30-21;22-19-9-14(11-26)3-7-17(19)15-4-8-20(18(10-15)21(23,24)25)30(28,29)12-13-1-5-16(27)6-2-13;1-10-5-2-3-6(8)7(9)4-5/h1-4,11-12,15H,5-10,14H2;5-6,13,15H,7-12,14H2,1-4H3;3-4,7-10,13H,1-2,5-6,12H2;2-4H. The fourth-order valence-electron chi connectivity index (χ4n) is 13.2. The fourth-order valence-corrected chi connectivity index (χ4v) is 19.2. The number of sulfone groups is 3. The van der Waals surface area contributed by atoms with Crippen LogP contribution in [0.4, 0.5) is 58.4 Å². The van der Waals surface area contributed by atoms with Crippen molar-refractivity contribution in [1.29, 1.82) is 10.5 Å². The van der Waals surface area contributed by atoms with E-state index in [2.05, 4.69) is 20.8 Å². The first-order chi connectivity index (χ1) is 49.4. The van der Waals surface area contributed by atoms with Crippen molar-refractivity contribution in [2.24, 2.45) is 17.8 Å². The van der Waals surface area contributed by atoms with E-state index in [-0.39, 0.29) is 81.0 Å². The van der Waals surface area contributed by atoms with Crippen LogP contribution in [0.1, 0.15) is 133 Å². The minimum Gasteiger partial charge on any atom is -0.399 e. The molecule has 0 bridgehead atoms. The molecule has 33 heteroatoms. The molecule has 0 aromatic heterocycles. The molecular weight excluding hydrogens is 1540 g/mol. The molecule has 6 fully saturated rings. The first kappa shape index (κ1) is 82.8. The second-order valence-corrected chi connectivity index (χ2v) is 34.4. The monoisotopic (exact) mass is 1610 g/mol. The molecule has 3 heterocycles. The number of rotatable bonds is 12. The van der Waals surface area contributed by atoms with E-state index in [9.17, 15) is 82.7 Å². The number of hydrogen-bond donors (Lipinski definition) is 0. The van der Waals surface area contributed by atoms with Crippen molar-refractivity contribution in [3.63, 3.8) is 0 Å². The Morgan fingerprint density at radius 3 is 1.20 bits per heavy atom. The number of ketones is 1. The second-order valence-electron chi connectivity index (χ2n) is 27.5. The fraction of sp³-hybridized carbons (Fsp3) is 0.452. The summed E-state index contributed by atoms with van der Waals surface area (Å²) in [6.45, 7) is 15.7. The maximum atomic E-state index is 14.3. The minimum atomic E-state index is -4.97. The SMILES string of the molecule is CC1(C)OB(c2ccc(S(=O)(=O)CC3CCC4(CC3)OCCO4)c(C(F)(F)F)c2)OC1(C)C.N#Cc1ccc(-c2ccc(S(=O)(=O)CC3CCC(=O)CC3)c(C(F)(F)F)c2)c(F)c1.N#Cc1ccc(-c2ccc(S(=O)(=O)CC3CCC4(CC3)OCCO4)c(C(F)(F)F)c2)c(F)c1.[C-]#[N+]c1ccc(Br)c(F)c1. The van der Waals surface area contributed by atoms with Crippen LogP contribution in [-0.2, 0) is 81.1 Å². The number of nitrogens with zero attached hydrogens (tertiary/aromatic N) is 3. The van der Waals surface area contributed by atoms with Gasteiger partial charge in [-0.05, 0) is 183 Å². The summed E-state index contributed by atoms with van der Waals surface area (Å²) in [5, 5.41) is 17.6. The van der Waals surface area contributed by atoms with Crippen LogP contribution in [0, 0.1) is 64.4 Å². The van der Waals surface area contributed by atoms with Crippen LogP contribution in [0.2, 0.25) is 0 Å². The van der Waals surface area contributed by atoms with Crippen molar-refractivity contribution < 1.29 is 111 Å². The molecule has 6 aromatic carbocycles. The molecule has 12 rings (SSSR count). The summed E-state index contributed by atoms with van der Waals surface area (Å²) in [5.41, 5.74) is -5.46. The van der Waals surface area contributed by atoms with Gasteiger partial charge in [-0.3, -0.25) is 4.79 Å². The van der Waals surface area contributed by atoms with Gasteiger partial charge in [0.25, 0.3) is 0 Å². The average molecular weight is 1610 g/mol. The van der Waals surface area contributed by atoms with E-state index >= 15 is 0 Å². The van der Waals surface area contributed by atoms with Crippen LogP contribution in [0.15, 0.2) is 128 Å². The minimum absolute atomic E-state index is 0.0115. The van der Waals surface area contributed by atoms with Gasteiger partial charge in [-0.15, -0.1) is 0 Å². The van der Waals surface area contributed by atoms with Crippen LogP contribution >= 0.6 is 15.9 Å². The first-order valence-corrected chi connectivity index (χ1v) is 39.1. The largest absolute Gasteiger partial charge is 0.494 e. The van der Waals surface area contributed by atoms with E-state index in [1.807, 2.05) is 0 Å². The zero-order valence-corrected chi connectivity index (χ0v) is 61.5. The van der Waals surface area contributed by atoms with Gasteiger partial charge in [0.2, 0.25) is 0 Å². The Morgan fingerprint density at radius 2 is 0.858 bits per heavy atom. The van der Waals surface area contributed by atoms with Gasteiger partial charge in [0.15, 0.2) is 46.8 Å². The summed E-state index contributed by atoms with van der Waals surface area (Å²) >= 11 is 2.98. The third-order valence-corrected chi connectivity index (χ3v) is 26.1. The molecule has 3 aliphatic carbocycles. The highest BCUT2D eigenvalue weighted by molar-refractivity contribution is 9.10. The highest BCUT2D eigenvalue weighted by Gasteiger charge is 2.53. The maximum Gasteiger partial charge on any atom is 0.494 e. The Hall–Kier alpha value is -7.23. The molecule has 16 nitrogen and oxygen atoms in total. The predicted molar refractivity (Wildman–Crippen MR) is 367 cm³/mol. The normalized spacial score (nSPS) is 19.5. The van der Waals surface area contributed by atoms with Crippen LogP contribution in [0.5, 0.6) is 0 Å². The third kappa shape index (κ3) is 20.0. The molecule has 6 aliphatic rings. The van der Waals surface area contributed by atoms with Gasteiger partial charge in [0, 0.05) is 49.7 Å². The van der Waals surface area contributed by atoms with Gasteiger partial charge >= 0.3 is 25.6 Å². The van der Waals surface area contributed by atoms with Crippen LogP contribution in [-0.4, -0.2) is 105 Å². The number of carbonyl (C=O) groups is 1. The quantitative estimate of drug-likeness (QED) is 0.0630. The first-order valence-electron chi connectivity index (χ1n) is 33.4. The summed E-state index contributed by atoms with van der Waals surface area (Å²) < 4.78 is 278. The molecule has 2 spiro atoms. The molecule has 0 radical (unpaired) electrons. The molecule has 3 aliphatic heterocycles. The van der Waals surface area contributed by atoms with E-state index in [4.69, 9.17) is 45.4 Å². The van der Waals surface area contributed by atoms with Crippen molar-refractivity contribution in [2.45, 2.75) is 161 Å². The van der Waals surface area contributed by atoms with Crippen molar-refractivity contribution in [2.75, 3.05) is 43.7 Å². The Labute approximate surface area is 614 Å². The van der Waals surface area contributed by atoms with Crippen LogP contribution < -0.4 is 5.46 Å². The number of benzene rings is 6. The lowest BCUT2D eigenvalue weighted by molar-refractivity contribution is -0.181. The van der Waals surface area contributed by atoms with E-state index in [0.717, 1.165) is 48.5 Å². The number of ether oxygens (including phenoxy) is 4. The summed E-state index contributed by atoms with van der Waals surface area (Å²) in [6.07, 6.45) is -9.61. The highest BCUT2D eigenvalue weighted by atomic mass is 79.9. The van der Waals surface area contributed by atoms with Crippen molar-refractivity contribution >= 4 is 69.5 Å². The van der Waals surface area contributed by atoms with E-state index < -0.39 is 138 Å². The summed E-state index contributed by atoms with van der Waals surface area (Å²) in [5.74, 6) is -5.66. The van der Waals surface area contributed by atoms with E-state index in [1.165, 1.54) is 42.5 Å². The number of hydrogen-bond acceptors (Lipinski definition) is 15. The molecule has 3 saturated heterocycles. The van der Waals surface area contributed by atoms with Crippen molar-refractivity contribution in [1.82, 2.24) is 0 Å². The zero-order chi connectivity index (χ0) is 77.8. The average Bonchev–Trinajstić information content (AvgIpc) is 1.70. The summed E-state index contributed by atoms with van der Waals surface area (Å²) in [6, 6.07) is 23.0. The molecule has 0 N–H and O–H groups in total. The Morgan fingerprint density at radius 1 is 0.500 bits per heavy atom. The van der Waals surface area contributed by atoms with Gasteiger partial charge < -0.3 is 28.3 Å².